The number of aliphatic hydroxyl groups is 1. The van der Waals surface area contributed by atoms with E-state index < -0.39 is 42.1 Å². The fourth-order valence-electron chi connectivity index (χ4n) is 1.43. The first-order valence-electron chi connectivity index (χ1n) is 4.70. The van der Waals surface area contributed by atoms with Gasteiger partial charge >= 0.3 is 5.69 Å². The van der Waals surface area contributed by atoms with Crippen LogP contribution in [0.25, 0.3) is 0 Å². The van der Waals surface area contributed by atoms with Crippen LogP contribution >= 0.6 is 0 Å². The number of aromatic nitrogens is 2. The highest BCUT2D eigenvalue weighted by molar-refractivity contribution is 5.26. The molecule has 8 heteroatoms. The maximum absolute atomic E-state index is 13.2. The van der Waals surface area contributed by atoms with E-state index in [0.717, 1.165) is 16.8 Å². The Kier molecular flexibility index (Phi) is 2.90. The highest BCUT2D eigenvalue weighted by Crippen LogP contribution is 2.26. The number of halogens is 2. The maximum Gasteiger partial charge on any atom is 0.352 e. The SMILES string of the molecule is Nc1nc(=O)n([C@H]2C=C(F)[C@H](CO)O2)cc1F. The molecule has 2 rings (SSSR count). The number of anilines is 1. The van der Waals surface area contributed by atoms with Crippen LogP contribution in [-0.4, -0.2) is 27.4 Å². The van der Waals surface area contributed by atoms with E-state index in [4.69, 9.17) is 15.6 Å². The molecule has 0 aliphatic carbocycles. The van der Waals surface area contributed by atoms with E-state index in [-0.39, 0.29) is 0 Å². The van der Waals surface area contributed by atoms with E-state index in [0.29, 0.717) is 0 Å². The minimum Gasteiger partial charge on any atom is -0.393 e. The lowest BCUT2D eigenvalue weighted by molar-refractivity contribution is -0.0202. The second-order valence-electron chi connectivity index (χ2n) is 3.41. The second-order valence-corrected chi connectivity index (χ2v) is 3.41. The number of nitrogens with zero attached hydrogens (tertiary/aromatic N) is 2. The third-order valence-corrected chi connectivity index (χ3v) is 2.29. The zero-order chi connectivity index (χ0) is 12.6. The van der Waals surface area contributed by atoms with Gasteiger partial charge in [0.1, 0.15) is 11.9 Å². The van der Waals surface area contributed by atoms with E-state index in [1.165, 1.54) is 0 Å². The molecule has 6 nitrogen and oxygen atoms in total. The lowest BCUT2D eigenvalue weighted by Gasteiger charge is -2.14. The molecular formula is C9H9F2N3O3. The van der Waals surface area contributed by atoms with Crippen LogP contribution in [0.1, 0.15) is 6.23 Å². The van der Waals surface area contributed by atoms with Gasteiger partial charge in [-0.3, -0.25) is 4.57 Å². The summed E-state index contributed by atoms with van der Waals surface area (Å²) in [6.07, 6.45) is -0.548. The predicted octanol–water partition coefficient (Wildman–Crippen LogP) is -0.292. The minimum absolute atomic E-state index is 0.535. The van der Waals surface area contributed by atoms with Gasteiger partial charge in [0.15, 0.2) is 17.9 Å². The largest absolute Gasteiger partial charge is 0.393 e. The monoisotopic (exact) mass is 245 g/mol. The van der Waals surface area contributed by atoms with E-state index >= 15 is 0 Å². The molecular weight excluding hydrogens is 236 g/mol. The lowest BCUT2D eigenvalue weighted by atomic mass is 10.3. The van der Waals surface area contributed by atoms with Crippen LogP contribution in [0.5, 0.6) is 0 Å². The second kappa shape index (κ2) is 4.22. The van der Waals surface area contributed by atoms with Crippen molar-refractivity contribution in [3.05, 3.63) is 34.4 Å². The van der Waals surface area contributed by atoms with Crippen LogP contribution in [0.4, 0.5) is 14.6 Å². The normalized spacial score (nSPS) is 23.8. The molecule has 17 heavy (non-hydrogen) atoms. The molecule has 1 aliphatic rings. The summed E-state index contributed by atoms with van der Waals surface area (Å²) in [5.41, 5.74) is 4.23. The summed E-state index contributed by atoms with van der Waals surface area (Å²) in [5, 5.41) is 8.77. The Morgan fingerprint density at radius 1 is 1.59 bits per heavy atom. The van der Waals surface area contributed by atoms with E-state index in [1.807, 2.05) is 0 Å². The third-order valence-electron chi connectivity index (χ3n) is 2.29. The summed E-state index contributed by atoms with van der Waals surface area (Å²) < 4.78 is 32.0. The van der Waals surface area contributed by atoms with Gasteiger partial charge in [-0.2, -0.15) is 4.98 Å². The molecule has 1 aliphatic heterocycles. The number of aliphatic hydroxyl groups excluding tert-OH is 1. The quantitative estimate of drug-likeness (QED) is 0.747. The topological polar surface area (TPSA) is 90.4 Å². The first kappa shape index (κ1) is 11.7. The molecule has 0 spiro atoms. The molecule has 92 valence electrons. The zero-order valence-electron chi connectivity index (χ0n) is 8.51. The molecule has 2 heterocycles. The van der Waals surface area contributed by atoms with Gasteiger partial charge in [0.25, 0.3) is 0 Å². The summed E-state index contributed by atoms with van der Waals surface area (Å²) in [7, 11) is 0. The van der Waals surface area contributed by atoms with E-state index in [2.05, 4.69) is 4.98 Å². The van der Waals surface area contributed by atoms with Crippen molar-refractivity contribution in [3.8, 4) is 0 Å². The molecule has 0 amide bonds. The molecule has 2 atom stereocenters. The first-order valence-corrected chi connectivity index (χ1v) is 4.70. The van der Waals surface area contributed by atoms with Crippen LogP contribution in [0, 0.1) is 5.82 Å². The molecule has 0 saturated carbocycles. The highest BCUT2D eigenvalue weighted by atomic mass is 19.1. The van der Waals surface area contributed by atoms with Gasteiger partial charge in [-0.05, 0) is 6.08 Å². The van der Waals surface area contributed by atoms with Gasteiger partial charge in [-0.15, -0.1) is 0 Å². The number of hydrogen-bond donors (Lipinski definition) is 2. The Balaban J connectivity index is 2.37. The van der Waals surface area contributed by atoms with Crippen LogP contribution in [0.15, 0.2) is 22.9 Å². The van der Waals surface area contributed by atoms with Crippen molar-refractivity contribution in [2.45, 2.75) is 12.3 Å². The molecule has 1 aromatic heterocycles. The highest BCUT2D eigenvalue weighted by Gasteiger charge is 2.29. The van der Waals surface area contributed by atoms with Crippen molar-refractivity contribution in [2.24, 2.45) is 0 Å². The molecule has 0 radical (unpaired) electrons. The number of ether oxygens (including phenoxy) is 1. The van der Waals surface area contributed by atoms with Crippen LogP contribution in [0.2, 0.25) is 0 Å². The summed E-state index contributed by atoms with van der Waals surface area (Å²) in [4.78, 5) is 14.6. The Morgan fingerprint density at radius 3 is 2.88 bits per heavy atom. The number of nitrogens with two attached hydrogens (primary N) is 1. The van der Waals surface area contributed by atoms with Crippen molar-refractivity contribution < 1.29 is 18.6 Å². The summed E-state index contributed by atoms with van der Waals surface area (Å²) >= 11 is 0. The average Bonchev–Trinajstić information content (AvgIpc) is 2.65. The summed E-state index contributed by atoms with van der Waals surface area (Å²) in [5.74, 6) is -2.16. The molecule has 0 unspecified atom stereocenters. The van der Waals surface area contributed by atoms with Crippen LogP contribution < -0.4 is 11.4 Å². The van der Waals surface area contributed by atoms with Crippen LogP contribution in [-0.2, 0) is 4.74 Å². The van der Waals surface area contributed by atoms with Gasteiger partial charge in [0.05, 0.1) is 12.8 Å². The Labute approximate surface area is 94.0 Å². The molecule has 0 fully saturated rings. The van der Waals surface area contributed by atoms with Gasteiger partial charge < -0.3 is 15.6 Å². The Bertz CT molecular complexity index is 529. The minimum atomic E-state index is -1.15. The molecule has 3 N–H and O–H groups in total. The Morgan fingerprint density at radius 2 is 2.29 bits per heavy atom. The number of hydrogen-bond acceptors (Lipinski definition) is 5. The van der Waals surface area contributed by atoms with Gasteiger partial charge in [-0.1, -0.05) is 0 Å². The predicted molar refractivity (Wildman–Crippen MR) is 53.1 cm³/mol. The van der Waals surface area contributed by atoms with Crippen molar-refractivity contribution in [2.75, 3.05) is 12.3 Å². The summed E-state index contributed by atoms with van der Waals surface area (Å²) in [6, 6.07) is 0. The summed E-state index contributed by atoms with van der Waals surface area (Å²) in [6.45, 7) is -0.571. The van der Waals surface area contributed by atoms with E-state index in [9.17, 15) is 13.6 Å². The fourth-order valence-corrected chi connectivity index (χ4v) is 1.43. The number of nitrogen functional groups attached to an aromatic ring is 1. The van der Waals surface area contributed by atoms with Crippen molar-refractivity contribution in [3.63, 3.8) is 0 Å². The van der Waals surface area contributed by atoms with Crippen LogP contribution in [0.3, 0.4) is 0 Å². The van der Waals surface area contributed by atoms with Crippen molar-refractivity contribution in [1.82, 2.24) is 9.55 Å². The van der Waals surface area contributed by atoms with Gasteiger partial charge in [0.2, 0.25) is 0 Å². The standard InChI is InChI=1S/C9H9F2N3O3/c10-4-1-7(17-6(4)3-15)14-2-5(11)8(12)13-9(14)16/h1-2,6-7,15H,3H2,(H2,12,13,16)/t6-,7+/m0/s1. The molecule has 0 aromatic carbocycles. The lowest BCUT2D eigenvalue weighted by Crippen LogP contribution is -2.29. The molecule has 0 saturated heterocycles. The third kappa shape index (κ3) is 2.04. The van der Waals surface area contributed by atoms with Gasteiger partial charge in [-0.25, -0.2) is 13.6 Å². The molecule has 1 aromatic rings. The fraction of sp³-hybridized carbons (Fsp3) is 0.333. The smallest absolute Gasteiger partial charge is 0.352 e. The van der Waals surface area contributed by atoms with Crippen molar-refractivity contribution >= 4 is 5.82 Å². The van der Waals surface area contributed by atoms with Gasteiger partial charge in [0, 0.05) is 0 Å². The number of rotatable bonds is 2. The maximum atomic E-state index is 13.2. The van der Waals surface area contributed by atoms with Crippen molar-refractivity contribution in [1.29, 1.82) is 0 Å². The molecule has 0 bridgehead atoms. The zero-order valence-corrected chi connectivity index (χ0v) is 8.51. The average molecular weight is 245 g/mol. The first-order chi connectivity index (χ1) is 8.02. The van der Waals surface area contributed by atoms with E-state index in [1.54, 1.807) is 0 Å². The Hall–Kier alpha value is -1.80.